The van der Waals surface area contributed by atoms with E-state index in [0.717, 1.165) is 43.6 Å². The summed E-state index contributed by atoms with van der Waals surface area (Å²) in [5.41, 5.74) is 0.0235. The largest absolute Gasteiger partial charge is 0.496 e. The first kappa shape index (κ1) is 14.4. The molecule has 106 valence electrons. The SMILES string of the molecule is COc1ccccc1C(C)(O)CCCC1CCCO1. The molecule has 19 heavy (non-hydrogen) atoms. The average molecular weight is 264 g/mol. The predicted octanol–water partition coefficient (Wildman–Crippen LogP) is 3.25. The third kappa shape index (κ3) is 3.71. The molecule has 3 heteroatoms. The second-order valence-electron chi connectivity index (χ2n) is 5.50. The van der Waals surface area contributed by atoms with Crippen LogP contribution in [0.4, 0.5) is 0 Å². The number of ether oxygens (including phenoxy) is 2. The molecule has 0 bridgehead atoms. The van der Waals surface area contributed by atoms with E-state index < -0.39 is 5.60 Å². The van der Waals surface area contributed by atoms with Crippen LogP contribution in [-0.2, 0) is 10.3 Å². The minimum Gasteiger partial charge on any atom is -0.496 e. The molecule has 0 saturated carbocycles. The summed E-state index contributed by atoms with van der Waals surface area (Å²) >= 11 is 0. The summed E-state index contributed by atoms with van der Waals surface area (Å²) in [5, 5.41) is 10.7. The number of benzene rings is 1. The number of hydrogen-bond acceptors (Lipinski definition) is 3. The Labute approximate surface area is 115 Å². The molecule has 0 amide bonds. The Hall–Kier alpha value is -1.06. The maximum absolute atomic E-state index is 10.7. The molecule has 1 N–H and O–H groups in total. The van der Waals surface area contributed by atoms with E-state index in [1.165, 1.54) is 6.42 Å². The molecule has 2 rings (SSSR count). The number of aliphatic hydroxyl groups is 1. The highest BCUT2D eigenvalue weighted by Crippen LogP contribution is 2.34. The van der Waals surface area contributed by atoms with E-state index in [2.05, 4.69) is 0 Å². The molecule has 0 aromatic heterocycles. The Bertz CT molecular complexity index is 395. The molecule has 1 aliphatic heterocycles. The zero-order valence-electron chi connectivity index (χ0n) is 11.9. The summed E-state index contributed by atoms with van der Waals surface area (Å²) in [4.78, 5) is 0. The fourth-order valence-corrected chi connectivity index (χ4v) is 2.77. The van der Waals surface area contributed by atoms with Gasteiger partial charge in [-0.2, -0.15) is 0 Å². The molecule has 1 heterocycles. The minimum absolute atomic E-state index is 0.397. The number of para-hydroxylation sites is 1. The van der Waals surface area contributed by atoms with Gasteiger partial charge in [0.1, 0.15) is 5.75 Å². The first-order chi connectivity index (χ1) is 9.13. The number of rotatable bonds is 6. The van der Waals surface area contributed by atoms with Gasteiger partial charge in [-0.1, -0.05) is 18.2 Å². The van der Waals surface area contributed by atoms with Crippen LogP contribution in [0.2, 0.25) is 0 Å². The summed E-state index contributed by atoms with van der Waals surface area (Å²) in [6.07, 6.45) is 5.46. The maximum atomic E-state index is 10.7. The Morgan fingerprint density at radius 2 is 2.21 bits per heavy atom. The van der Waals surface area contributed by atoms with Crippen molar-refractivity contribution in [2.24, 2.45) is 0 Å². The standard InChI is InChI=1S/C16H24O3/c1-16(17,11-5-7-13-8-6-12-19-13)14-9-3-4-10-15(14)18-2/h3-4,9-10,13,17H,5-8,11-12H2,1-2H3. The fraction of sp³-hybridized carbons (Fsp3) is 0.625. The molecule has 2 unspecified atom stereocenters. The van der Waals surface area contributed by atoms with Crippen molar-refractivity contribution < 1.29 is 14.6 Å². The quantitative estimate of drug-likeness (QED) is 0.857. The van der Waals surface area contributed by atoms with Crippen molar-refractivity contribution in [1.29, 1.82) is 0 Å². The maximum Gasteiger partial charge on any atom is 0.124 e. The third-order valence-corrected chi connectivity index (χ3v) is 3.90. The molecule has 1 aromatic carbocycles. The first-order valence-electron chi connectivity index (χ1n) is 7.11. The molecule has 3 nitrogen and oxygen atoms in total. The zero-order chi connectivity index (χ0) is 13.7. The summed E-state index contributed by atoms with van der Waals surface area (Å²) in [6.45, 7) is 2.76. The van der Waals surface area contributed by atoms with Gasteiger partial charge in [-0.15, -0.1) is 0 Å². The number of hydrogen-bond donors (Lipinski definition) is 1. The van der Waals surface area contributed by atoms with Gasteiger partial charge in [-0.25, -0.2) is 0 Å². The van der Waals surface area contributed by atoms with Gasteiger partial charge in [-0.3, -0.25) is 0 Å². The second kappa shape index (κ2) is 6.40. The van der Waals surface area contributed by atoms with Gasteiger partial charge >= 0.3 is 0 Å². The molecule has 0 spiro atoms. The van der Waals surface area contributed by atoms with E-state index in [1.807, 2.05) is 31.2 Å². The van der Waals surface area contributed by atoms with Gasteiger partial charge in [0.05, 0.1) is 18.8 Å². The minimum atomic E-state index is -0.842. The summed E-state index contributed by atoms with van der Waals surface area (Å²) in [7, 11) is 1.64. The van der Waals surface area contributed by atoms with Crippen LogP contribution < -0.4 is 4.74 Å². The average Bonchev–Trinajstić information content (AvgIpc) is 2.91. The summed E-state index contributed by atoms with van der Waals surface area (Å²) in [5.74, 6) is 0.754. The van der Waals surface area contributed by atoms with Crippen molar-refractivity contribution in [2.45, 2.75) is 50.7 Å². The Morgan fingerprint density at radius 3 is 2.89 bits per heavy atom. The van der Waals surface area contributed by atoms with Gasteiger partial charge in [0.15, 0.2) is 0 Å². The van der Waals surface area contributed by atoms with Crippen LogP contribution >= 0.6 is 0 Å². The van der Waals surface area contributed by atoms with Crippen LogP contribution in [0.5, 0.6) is 5.75 Å². The van der Waals surface area contributed by atoms with Gasteiger partial charge in [0, 0.05) is 12.2 Å². The van der Waals surface area contributed by atoms with Crippen LogP contribution in [0.1, 0.15) is 44.6 Å². The van der Waals surface area contributed by atoms with Crippen LogP contribution in [0.3, 0.4) is 0 Å². The van der Waals surface area contributed by atoms with E-state index in [0.29, 0.717) is 6.10 Å². The monoisotopic (exact) mass is 264 g/mol. The Kier molecular flexibility index (Phi) is 4.83. The molecule has 1 fully saturated rings. The Morgan fingerprint density at radius 1 is 1.42 bits per heavy atom. The van der Waals surface area contributed by atoms with Crippen molar-refractivity contribution in [3.05, 3.63) is 29.8 Å². The lowest BCUT2D eigenvalue weighted by Gasteiger charge is -2.26. The van der Waals surface area contributed by atoms with E-state index in [9.17, 15) is 5.11 Å². The zero-order valence-corrected chi connectivity index (χ0v) is 11.9. The van der Waals surface area contributed by atoms with E-state index >= 15 is 0 Å². The first-order valence-corrected chi connectivity index (χ1v) is 7.11. The second-order valence-corrected chi connectivity index (χ2v) is 5.50. The topological polar surface area (TPSA) is 38.7 Å². The van der Waals surface area contributed by atoms with Crippen LogP contribution in [0.25, 0.3) is 0 Å². The van der Waals surface area contributed by atoms with E-state index in [1.54, 1.807) is 7.11 Å². The lowest BCUT2D eigenvalue weighted by Crippen LogP contribution is -2.22. The normalized spacial score (nSPS) is 22.2. The van der Waals surface area contributed by atoms with Crippen molar-refractivity contribution in [3.8, 4) is 5.75 Å². The van der Waals surface area contributed by atoms with Gasteiger partial charge in [0.2, 0.25) is 0 Å². The smallest absolute Gasteiger partial charge is 0.124 e. The van der Waals surface area contributed by atoms with Crippen molar-refractivity contribution in [2.75, 3.05) is 13.7 Å². The fourth-order valence-electron chi connectivity index (χ4n) is 2.77. The molecular weight excluding hydrogens is 240 g/mol. The highest BCUT2D eigenvalue weighted by molar-refractivity contribution is 5.37. The van der Waals surface area contributed by atoms with Crippen LogP contribution in [0, 0.1) is 0 Å². The lowest BCUT2D eigenvalue weighted by molar-refractivity contribution is 0.0351. The predicted molar refractivity (Wildman–Crippen MR) is 75.4 cm³/mol. The highest BCUT2D eigenvalue weighted by Gasteiger charge is 2.27. The molecule has 1 aromatic rings. The molecule has 1 aliphatic rings. The number of methoxy groups -OCH3 is 1. The highest BCUT2D eigenvalue weighted by atomic mass is 16.5. The van der Waals surface area contributed by atoms with E-state index in [-0.39, 0.29) is 0 Å². The third-order valence-electron chi connectivity index (χ3n) is 3.90. The molecule has 0 radical (unpaired) electrons. The van der Waals surface area contributed by atoms with Gasteiger partial charge in [-0.05, 0) is 45.1 Å². The lowest BCUT2D eigenvalue weighted by atomic mass is 9.89. The van der Waals surface area contributed by atoms with E-state index in [4.69, 9.17) is 9.47 Å². The molecule has 1 saturated heterocycles. The molecular formula is C16H24O3. The van der Waals surface area contributed by atoms with Crippen molar-refractivity contribution >= 4 is 0 Å². The van der Waals surface area contributed by atoms with Crippen molar-refractivity contribution in [1.82, 2.24) is 0 Å². The van der Waals surface area contributed by atoms with Gasteiger partial charge in [0.25, 0.3) is 0 Å². The van der Waals surface area contributed by atoms with Crippen molar-refractivity contribution in [3.63, 3.8) is 0 Å². The van der Waals surface area contributed by atoms with Crippen LogP contribution in [0.15, 0.2) is 24.3 Å². The van der Waals surface area contributed by atoms with Gasteiger partial charge < -0.3 is 14.6 Å². The molecule has 0 aliphatic carbocycles. The summed E-state index contributed by atoms with van der Waals surface area (Å²) in [6, 6.07) is 7.69. The van der Waals surface area contributed by atoms with Crippen LogP contribution in [-0.4, -0.2) is 24.9 Å². The Balaban J connectivity index is 1.92. The molecule has 2 atom stereocenters. The summed E-state index contributed by atoms with van der Waals surface area (Å²) < 4.78 is 10.9.